The molecule has 0 saturated carbocycles. The average Bonchev–Trinajstić information content (AvgIpc) is 2.42. The Morgan fingerprint density at radius 2 is 2.53 bits per heavy atom. The zero-order valence-corrected chi connectivity index (χ0v) is 10.8. The van der Waals surface area contributed by atoms with Crippen LogP contribution in [0.4, 0.5) is 0 Å². The maximum atomic E-state index is 11.9. The number of thioether (sulfide) groups is 1. The molecule has 0 spiro atoms. The molecular formula is C9H11N5O4S. The summed E-state index contributed by atoms with van der Waals surface area (Å²) in [7, 11) is 1.30. The molecule has 1 fully saturated rings. The minimum atomic E-state index is -1.49. The highest BCUT2D eigenvalue weighted by Crippen LogP contribution is 2.45. The fourth-order valence-corrected chi connectivity index (χ4v) is 3.42. The monoisotopic (exact) mass is 285 g/mol. The van der Waals surface area contributed by atoms with Crippen molar-refractivity contribution < 1.29 is 19.4 Å². The number of methoxy groups -OCH3 is 1. The third-order valence-electron chi connectivity index (χ3n) is 3.01. The van der Waals surface area contributed by atoms with Crippen molar-refractivity contribution in [2.75, 3.05) is 19.4 Å². The van der Waals surface area contributed by atoms with Crippen LogP contribution in [-0.2, 0) is 14.3 Å². The Bertz CT molecular complexity index is 529. The number of nitrogens with two attached hydrogens (primary N) is 1. The Labute approximate surface area is 112 Å². The standard InChI is InChI=1S/C9H11N5O4S/c1-18-9(10)7(17)14-5(6(15)16)4(2-12-13-11)3-19-8(9)14/h8H,2-3,10H2,1H3,(H,15,16)/t8-,9+/m1/s1. The molecule has 1 saturated heterocycles. The van der Waals surface area contributed by atoms with E-state index in [1.807, 2.05) is 0 Å². The molecule has 102 valence electrons. The van der Waals surface area contributed by atoms with Crippen molar-refractivity contribution in [3.63, 3.8) is 0 Å². The van der Waals surface area contributed by atoms with Gasteiger partial charge in [0.1, 0.15) is 11.1 Å². The van der Waals surface area contributed by atoms with Gasteiger partial charge in [-0.2, -0.15) is 0 Å². The van der Waals surface area contributed by atoms with Crippen LogP contribution in [0.25, 0.3) is 10.4 Å². The van der Waals surface area contributed by atoms with Gasteiger partial charge in [-0.25, -0.2) is 4.79 Å². The van der Waals surface area contributed by atoms with E-state index in [0.717, 1.165) is 4.90 Å². The molecule has 0 aromatic rings. The van der Waals surface area contributed by atoms with Crippen LogP contribution < -0.4 is 5.73 Å². The molecule has 0 aromatic carbocycles. The number of amides is 1. The number of carbonyl (C=O) groups excluding carboxylic acids is 1. The van der Waals surface area contributed by atoms with Crippen molar-refractivity contribution in [1.82, 2.24) is 4.90 Å². The fourth-order valence-electron chi connectivity index (χ4n) is 2.04. The summed E-state index contributed by atoms with van der Waals surface area (Å²) in [5, 5.41) is 12.0. The van der Waals surface area contributed by atoms with Gasteiger partial charge >= 0.3 is 5.97 Å². The third-order valence-corrected chi connectivity index (χ3v) is 4.40. The first kappa shape index (κ1) is 13.7. The van der Waals surface area contributed by atoms with Gasteiger partial charge in [0, 0.05) is 17.8 Å². The van der Waals surface area contributed by atoms with Crippen LogP contribution in [-0.4, -0.2) is 52.4 Å². The summed E-state index contributed by atoms with van der Waals surface area (Å²) in [4.78, 5) is 26.9. The summed E-state index contributed by atoms with van der Waals surface area (Å²) in [6.45, 7) is -0.0911. The van der Waals surface area contributed by atoms with Gasteiger partial charge in [-0.3, -0.25) is 15.4 Å². The summed E-state index contributed by atoms with van der Waals surface area (Å²) in [5.74, 6) is -1.54. The van der Waals surface area contributed by atoms with E-state index >= 15 is 0 Å². The smallest absolute Gasteiger partial charge is 0.352 e. The summed E-state index contributed by atoms with van der Waals surface area (Å²) in [6.07, 6.45) is 0. The quantitative estimate of drug-likeness (QED) is 0.242. The molecule has 1 amide bonds. The second-order valence-electron chi connectivity index (χ2n) is 3.98. The lowest BCUT2D eigenvalue weighted by Gasteiger charge is -2.54. The number of hydrogen-bond acceptors (Lipinski definition) is 6. The van der Waals surface area contributed by atoms with Gasteiger partial charge in [0.05, 0.1) is 6.54 Å². The van der Waals surface area contributed by atoms with E-state index in [0.29, 0.717) is 11.3 Å². The zero-order chi connectivity index (χ0) is 14.2. The van der Waals surface area contributed by atoms with Gasteiger partial charge in [0.15, 0.2) is 0 Å². The SMILES string of the molecule is CO[C@@]1(N)C(=O)N2C(C(=O)O)=C(CN=[N+]=[N-])CS[C@@H]21. The Morgan fingerprint density at radius 3 is 3.05 bits per heavy atom. The molecule has 10 heteroatoms. The Kier molecular flexibility index (Phi) is 3.42. The number of β-lactam (4-membered cyclic amide) rings is 1. The minimum absolute atomic E-state index is 0.0911. The highest BCUT2D eigenvalue weighted by Gasteiger charge is 2.63. The van der Waals surface area contributed by atoms with E-state index in [1.54, 1.807) is 0 Å². The molecule has 0 radical (unpaired) electrons. The number of carboxylic acid groups (broad SMARTS) is 1. The number of carboxylic acids is 1. The lowest BCUT2D eigenvalue weighted by molar-refractivity contribution is -0.182. The highest BCUT2D eigenvalue weighted by atomic mass is 32.2. The fraction of sp³-hybridized carbons (Fsp3) is 0.556. The van der Waals surface area contributed by atoms with E-state index in [1.165, 1.54) is 18.9 Å². The molecule has 0 unspecified atom stereocenters. The Balaban J connectivity index is 2.39. The molecule has 2 aliphatic heterocycles. The Hall–Kier alpha value is -1.74. The number of ether oxygens (including phenoxy) is 1. The van der Waals surface area contributed by atoms with E-state index in [-0.39, 0.29) is 12.2 Å². The van der Waals surface area contributed by atoms with E-state index in [9.17, 15) is 14.7 Å². The maximum Gasteiger partial charge on any atom is 0.352 e. The molecule has 9 nitrogen and oxygen atoms in total. The second kappa shape index (κ2) is 4.74. The molecule has 2 atom stereocenters. The number of aliphatic carboxylic acids is 1. The van der Waals surface area contributed by atoms with Crippen LogP contribution in [0, 0.1) is 0 Å². The number of nitrogens with zero attached hydrogens (tertiary/aromatic N) is 4. The molecule has 19 heavy (non-hydrogen) atoms. The first-order valence-corrected chi connectivity index (χ1v) is 6.27. The molecule has 3 N–H and O–H groups in total. The normalized spacial score (nSPS) is 29.5. The summed E-state index contributed by atoms with van der Waals surface area (Å²) in [6, 6.07) is 0. The largest absolute Gasteiger partial charge is 0.477 e. The summed E-state index contributed by atoms with van der Waals surface area (Å²) in [5.41, 5.74) is 12.8. The molecule has 2 aliphatic rings. The van der Waals surface area contributed by atoms with Crippen LogP contribution in [0.5, 0.6) is 0 Å². The lowest BCUT2D eigenvalue weighted by Crippen LogP contribution is -2.78. The predicted molar refractivity (Wildman–Crippen MR) is 65.7 cm³/mol. The molecule has 0 bridgehead atoms. The number of fused-ring (bicyclic) bond motifs is 1. The molecular weight excluding hydrogens is 274 g/mol. The van der Waals surface area contributed by atoms with Crippen molar-refractivity contribution in [1.29, 1.82) is 0 Å². The highest BCUT2D eigenvalue weighted by molar-refractivity contribution is 8.00. The Morgan fingerprint density at radius 1 is 1.84 bits per heavy atom. The van der Waals surface area contributed by atoms with Gasteiger partial charge in [-0.1, -0.05) is 5.11 Å². The summed E-state index contributed by atoms with van der Waals surface area (Å²) >= 11 is 1.28. The van der Waals surface area contributed by atoms with E-state index in [2.05, 4.69) is 10.0 Å². The first-order valence-electron chi connectivity index (χ1n) is 5.22. The van der Waals surface area contributed by atoms with Crippen LogP contribution in [0.15, 0.2) is 16.4 Å². The average molecular weight is 285 g/mol. The van der Waals surface area contributed by atoms with Gasteiger partial charge in [-0.05, 0) is 11.1 Å². The van der Waals surface area contributed by atoms with Crippen molar-refractivity contribution in [2.24, 2.45) is 10.8 Å². The van der Waals surface area contributed by atoms with Gasteiger partial charge in [0.2, 0.25) is 5.72 Å². The van der Waals surface area contributed by atoms with Crippen LogP contribution in [0.1, 0.15) is 0 Å². The van der Waals surface area contributed by atoms with Crippen molar-refractivity contribution >= 4 is 23.6 Å². The lowest BCUT2D eigenvalue weighted by atomic mass is 9.99. The first-order chi connectivity index (χ1) is 8.97. The number of azide groups is 1. The van der Waals surface area contributed by atoms with Crippen molar-refractivity contribution in [3.05, 3.63) is 21.7 Å². The van der Waals surface area contributed by atoms with Crippen LogP contribution in [0.2, 0.25) is 0 Å². The van der Waals surface area contributed by atoms with Crippen molar-refractivity contribution in [3.8, 4) is 0 Å². The third kappa shape index (κ3) is 1.85. The molecule has 2 heterocycles. The van der Waals surface area contributed by atoms with Crippen LogP contribution >= 0.6 is 11.8 Å². The number of hydrogen-bond donors (Lipinski definition) is 2. The van der Waals surface area contributed by atoms with Crippen molar-refractivity contribution in [2.45, 2.75) is 11.1 Å². The molecule has 2 rings (SSSR count). The molecule has 0 aromatic heterocycles. The van der Waals surface area contributed by atoms with E-state index < -0.39 is 23.0 Å². The van der Waals surface area contributed by atoms with Gasteiger partial charge < -0.3 is 9.84 Å². The van der Waals surface area contributed by atoms with E-state index in [4.69, 9.17) is 16.0 Å². The zero-order valence-electron chi connectivity index (χ0n) is 9.94. The topological polar surface area (TPSA) is 142 Å². The predicted octanol–water partition coefficient (Wildman–Crippen LogP) is -0.148. The maximum absolute atomic E-state index is 11.9. The van der Waals surface area contributed by atoms with Crippen LogP contribution in [0.3, 0.4) is 0 Å². The summed E-state index contributed by atoms with van der Waals surface area (Å²) < 4.78 is 4.97. The molecule has 0 aliphatic carbocycles. The number of carbonyl (C=O) groups is 2. The second-order valence-corrected chi connectivity index (χ2v) is 5.05. The minimum Gasteiger partial charge on any atom is -0.477 e. The number of rotatable bonds is 4. The van der Waals surface area contributed by atoms with Gasteiger partial charge in [-0.15, -0.1) is 11.8 Å². The van der Waals surface area contributed by atoms with Gasteiger partial charge in [0.25, 0.3) is 5.91 Å².